The zero-order chi connectivity index (χ0) is 19.0. The number of fused-ring (bicyclic) bond motifs is 5. The molecule has 2 aromatic carbocycles. The number of halogens is 1. The highest BCUT2D eigenvalue weighted by Crippen LogP contribution is 2.44. The molecule has 27 heavy (non-hydrogen) atoms. The number of hydrogen-bond donors (Lipinski definition) is 2. The smallest absolute Gasteiger partial charge is 0.251 e. The number of carbonyl (C=O) groups excluding carboxylic acids is 1. The second-order valence-electron chi connectivity index (χ2n) is 6.01. The van der Waals surface area contributed by atoms with Crippen LogP contribution in [0.5, 0.6) is 0 Å². The van der Waals surface area contributed by atoms with Crippen LogP contribution < -0.4 is 10.0 Å². The molecule has 0 saturated carbocycles. The number of methoxy groups -OCH3 is 1. The highest BCUT2D eigenvalue weighted by atomic mass is 35.5. The molecular formula is C19H16ClN3O3S. The van der Waals surface area contributed by atoms with E-state index in [2.05, 4.69) is 15.0 Å². The maximum atomic E-state index is 12.7. The molecule has 0 fully saturated rings. The van der Waals surface area contributed by atoms with Crippen LogP contribution in [0.1, 0.15) is 10.4 Å². The van der Waals surface area contributed by atoms with Crippen molar-refractivity contribution in [2.45, 2.75) is 4.90 Å². The van der Waals surface area contributed by atoms with Crippen molar-refractivity contribution in [3.05, 3.63) is 53.2 Å². The molecule has 138 valence electrons. The number of pyridine rings is 1. The Morgan fingerprint density at radius 1 is 1.33 bits per heavy atom. The third-order valence-corrected chi connectivity index (χ3v) is 5.82. The van der Waals surface area contributed by atoms with Gasteiger partial charge in [-0.3, -0.25) is 9.78 Å². The summed E-state index contributed by atoms with van der Waals surface area (Å²) < 4.78 is 20.7. The minimum Gasteiger partial charge on any atom is -0.588 e. The number of benzene rings is 2. The van der Waals surface area contributed by atoms with E-state index in [0.29, 0.717) is 45.4 Å². The molecule has 4 rings (SSSR count). The van der Waals surface area contributed by atoms with E-state index in [1.807, 2.05) is 12.1 Å². The predicted octanol–water partition coefficient (Wildman–Crippen LogP) is 3.38. The summed E-state index contributed by atoms with van der Waals surface area (Å²) in [4.78, 5) is 17.4. The summed E-state index contributed by atoms with van der Waals surface area (Å²) in [5.41, 5.74) is 3.25. The predicted molar refractivity (Wildman–Crippen MR) is 106 cm³/mol. The van der Waals surface area contributed by atoms with E-state index in [1.165, 1.54) is 0 Å². The van der Waals surface area contributed by atoms with Gasteiger partial charge in [0.05, 0.1) is 17.1 Å². The Bertz CT molecular complexity index is 1040. The quantitative estimate of drug-likeness (QED) is 0.517. The summed E-state index contributed by atoms with van der Waals surface area (Å²) in [7, 11) is 1.58. The van der Waals surface area contributed by atoms with Crippen molar-refractivity contribution in [1.29, 1.82) is 0 Å². The van der Waals surface area contributed by atoms with Crippen molar-refractivity contribution in [3.8, 4) is 11.1 Å². The summed E-state index contributed by atoms with van der Waals surface area (Å²) in [6.07, 6.45) is 1.67. The molecule has 2 N–H and O–H groups in total. The maximum absolute atomic E-state index is 12.7. The van der Waals surface area contributed by atoms with E-state index in [4.69, 9.17) is 16.3 Å². The molecule has 0 spiro atoms. The van der Waals surface area contributed by atoms with Gasteiger partial charge in [-0.15, -0.1) is 0 Å². The molecule has 1 atom stereocenters. The van der Waals surface area contributed by atoms with Gasteiger partial charge < -0.3 is 14.6 Å². The van der Waals surface area contributed by atoms with Crippen molar-refractivity contribution in [2.24, 2.45) is 0 Å². The second kappa shape index (κ2) is 7.36. The van der Waals surface area contributed by atoms with Gasteiger partial charge in [-0.25, -0.2) is 4.72 Å². The van der Waals surface area contributed by atoms with Gasteiger partial charge in [0.15, 0.2) is 4.90 Å². The Labute approximate surface area is 164 Å². The SMILES string of the molecule is COCCNC(=O)c1ccc2c(c1)-c1cc(Cl)c3cccnc3c1N[S+]2[O-]. The zero-order valence-corrected chi connectivity index (χ0v) is 16.0. The van der Waals surface area contributed by atoms with Crippen molar-refractivity contribution < 1.29 is 14.1 Å². The van der Waals surface area contributed by atoms with E-state index in [9.17, 15) is 9.35 Å². The molecule has 1 amide bonds. The van der Waals surface area contributed by atoms with Crippen LogP contribution in [-0.2, 0) is 16.1 Å². The third-order valence-electron chi connectivity index (χ3n) is 4.36. The number of amides is 1. The number of anilines is 1. The van der Waals surface area contributed by atoms with Crippen LogP contribution in [0, 0.1) is 0 Å². The lowest BCUT2D eigenvalue weighted by atomic mass is 9.98. The molecule has 6 nitrogen and oxygen atoms in total. The molecule has 8 heteroatoms. The minimum absolute atomic E-state index is 0.217. The number of hydrogen-bond acceptors (Lipinski definition) is 5. The third kappa shape index (κ3) is 3.23. The molecule has 1 aliphatic heterocycles. The molecule has 0 radical (unpaired) electrons. The van der Waals surface area contributed by atoms with Crippen molar-refractivity contribution in [1.82, 2.24) is 10.3 Å². The van der Waals surface area contributed by atoms with Crippen LogP contribution in [0.25, 0.3) is 22.0 Å². The highest BCUT2D eigenvalue weighted by Gasteiger charge is 2.30. The van der Waals surface area contributed by atoms with Crippen LogP contribution in [-0.4, -0.2) is 35.7 Å². The number of aromatic nitrogens is 1. The van der Waals surface area contributed by atoms with Gasteiger partial charge in [-0.05, 0) is 36.4 Å². The Morgan fingerprint density at radius 2 is 2.19 bits per heavy atom. The van der Waals surface area contributed by atoms with Crippen LogP contribution >= 0.6 is 11.6 Å². The Morgan fingerprint density at radius 3 is 3.00 bits per heavy atom. The first-order chi connectivity index (χ1) is 13.1. The first-order valence-corrected chi connectivity index (χ1v) is 9.80. The standard InChI is InChI=1S/C19H16ClN3O3S/c1-26-8-7-22-19(24)11-4-5-16-13(9-11)14-10-15(20)12-3-2-6-21-17(12)18(14)23-27(16)25/h2-6,9-10,23H,7-8H2,1H3,(H,22,24). The van der Waals surface area contributed by atoms with Gasteiger partial charge >= 0.3 is 0 Å². The van der Waals surface area contributed by atoms with E-state index in [-0.39, 0.29) is 5.91 Å². The highest BCUT2D eigenvalue weighted by molar-refractivity contribution is 7.93. The molecular weight excluding hydrogens is 386 g/mol. The Balaban J connectivity index is 1.83. The molecule has 0 saturated heterocycles. The Kier molecular flexibility index (Phi) is 4.92. The number of nitrogens with one attached hydrogen (secondary N) is 2. The lowest BCUT2D eigenvalue weighted by molar-refractivity contribution is 0.0937. The zero-order valence-electron chi connectivity index (χ0n) is 14.4. The summed E-state index contributed by atoms with van der Waals surface area (Å²) in [6, 6.07) is 10.6. The number of carbonyl (C=O) groups is 1. The lowest BCUT2D eigenvalue weighted by Crippen LogP contribution is -2.27. The van der Waals surface area contributed by atoms with Crippen molar-refractivity contribution >= 4 is 45.5 Å². The fourth-order valence-corrected chi connectivity index (χ4v) is 4.40. The summed E-state index contributed by atoms with van der Waals surface area (Å²) >= 11 is 4.99. The molecule has 0 bridgehead atoms. The van der Waals surface area contributed by atoms with Crippen LogP contribution in [0.4, 0.5) is 5.69 Å². The first-order valence-electron chi connectivity index (χ1n) is 8.27. The molecule has 1 aliphatic rings. The molecule has 2 heterocycles. The van der Waals surface area contributed by atoms with E-state index in [1.54, 1.807) is 37.6 Å². The number of nitrogens with zero attached hydrogens (tertiary/aromatic N) is 1. The van der Waals surface area contributed by atoms with Crippen molar-refractivity contribution in [2.75, 3.05) is 25.0 Å². The number of rotatable bonds is 4. The van der Waals surface area contributed by atoms with Gasteiger partial charge in [-0.1, -0.05) is 11.6 Å². The molecule has 3 aromatic rings. The second-order valence-corrected chi connectivity index (χ2v) is 7.60. The van der Waals surface area contributed by atoms with Gasteiger partial charge in [0.2, 0.25) is 0 Å². The minimum atomic E-state index is -1.45. The lowest BCUT2D eigenvalue weighted by Gasteiger charge is -2.24. The van der Waals surface area contributed by atoms with Crippen LogP contribution in [0.2, 0.25) is 5.02 Å². The average molecular weight is 402 g/mol. The molecule has 0 aliphatic carbocycles. The Hall–Kier alpha value is -2.32. The van der Waals surface area contributed by atoms with Crippen molar-refractivity contribution in [3.63, 3.8) is 0 Å². The first kappa shape index (κ1) is 18.1. The maximum Gasteiger partial charge on any atom is 0.251 e. The van der Waals surface area contributed by atoms with E-state index in [0.717, 1.165) is 10.9 Å². The largest absolute Gasteiger partial charge is 0.588 e. The molecule has 1 aromatic heterocycles. The number of ether oxygens (including phenoxy) is 1. The fraction of sp³-hybridized carbons (Fsp3) is 0.158. The monoisotopic (exact) mass is 401 g/mol. The van der Waals surface area contributed by atoms with E-state index < -0.39 is 11.4 Å². The van der Waals surface area contributed by atoms with Crippen LogP contribution in [0.15, 0.2) is 47.5 Å². The fourth-order valence-electron chi connectivity index (χ4n) is 3.08. The normalized spacial score (nSPS) is 15.0. The summed E-state index contributed by atoms with van der Waals surface area (Å²) in [6.45, 7) is 0.845. The van der Waals surface area contributed by atoms with Crippen LogP contribution in [0.3, 0.4) is 0 Å². The average Bonchev–Trinajstić information content (AvgIpc) is 2.69. The van der Waals surface area contributed by atoms with Gasteiger partial charge in [0.1, 0.15) is 17.0 Å². The van der Waals surface area contributed by atoms with Gasteiger partial charge in [0.25, 0.3) is 5.91 Å². The summed E-state index contributed by atoms with van der Waals surface area (Å²) in [5.74, 6) is -0.217. The van der Waals surface area contributed by atoms with Gasteiger partial charge in [-0.2, -0.15) is 0 Å². The summed E-state index contributed by atoms with van der Waals surface area (Å²) in [5, 5.41) is 4.11. The topological polar surface area (TPSA) is 86.3 Å². The molecule has 1 unspecified atom stereocenters. The van der Waals surface area contributed by atoms with Gasteiger partial charge in [0, 0.05) is 41.9 Å². The van der Waals surface area contributed by atoms with E-state index >= 15 is 0 Å².